The first kappa shape index (κ1) is 13.8. The summed E-state index contributed by atoms with van der Waals surface area (Å²) in [5, 5.41) is 0. The summed E-state index contributed by atoms with van der Waals surface area (Å²) in [6.45, 7) is 7.51. The second-order valence-electron chi connectivity index (χ2n) is 5.72. The van der Waals surface area contributed by atoms with Crippen LogP contribution in [-0.4, -0.2) is 6.54 Å². The Kier molecular flexibility index (Phi) is 5.29. The fraction of sp³-hybridized carbons (Fsp3) is 0.562. The maximum absolute atomic E-state index is 5.92. The quantitative estimate of drug-likeness (QED) is 0.448. The first-order chi connectivity index (χ1) is 8.03. The van der Waals surface area contributed by atoms with Crippen molar-refractivity contribution in [2.24, 2.45) is 17.1 Å². The molecule has 2 N–H and O–H groups in total. The maximum atomic E-state index is 5.92. The third-order valence-electron chi connectivity index (χ3n) is 2.85. The van der Waals surface area contributed by atoms with E-state index in [4.69, 9.17) is 5.73 Å². The summed E-state index contributed by atoms with van der Waals surface area (Å²) in [6.07, 6.45) is 8.98. The second kappa shape index (κ2) is 6.50. The van der Waals surface area contributed by atoms with Crippen LogP contribution < -0.4 is 5.73 Å². The van der Waals surface area contributed by atoms with Crippen molar-refractivity contribution in [1.82, 2.24) is 0 Å². The highest BCUT2D eigenvalue weighted by Gasteiger charge is 2.20. The van der Waals surface area contributed by atoms with Crippen LogP contribution in [0.2, 0.25) is 0 Å². The molecule has 0 radical (unpaired) electrons. The molecule has 1 rings (SSSR count). The molecular weight excluding hydrogens is 206 g/mol. The van der Waals surface area contributed by atoms with E-state index in [1.807, 2.05) is 0 Å². The highest BCUT2D eigenvalue weighted by molar-refractivity contribution is 5.23. The van der Waals surface area contributed by atoms with E-state index < -0.39 is 0 Å². The molecule has 0 saturated heterocycles. The fourth-order valence-electron chi connectivity index (χ4n) is 2.09. The summed E-state index contributed by atoms with van der Waals surface area (Å²) in [5.41, 5.74) is 10.7. The highest BCUT2D eigenvalue weighted by Crippen LogP contribution is 2.30. The summed E-state index contributed by atoms with van der Waals surface area (Å²) in [4.78, 5) is 0. The van der Waals surface area contributed by atoms with Crippen LogP contribution in [0.3, 0.4) is 0 Å². The van der Waals surface area contributed by atoms with Gasteiger partial charge in [-0.2, -0.15) is 0 Å². The van der Waals surface area contributed by atoms with Gasteiger partial charge < -0.3 is 5.73 Å². The average Bonchev–Trinajstić information content (AvgIpc) is 2.37. The van der Waals surface area contributed by atoms with Crippen molar-refractivity contribution in [2.75, 3.05) is 6.54 Å². The highest BCUT2D eigenvalue weighted by atomic mass is 14.6. The van der Waals surface area contributed by atoms with Crippen molar-refractivity contribution in [2.45, 2.75) is 40.0 Å². The van der Waals surface area contributed by atoms with E-state index in [1.165, 1.54) is 5.57 Å². The van der Waals surface area contributed by atoms with E-state index in [9.17, 15) is 0 Å². The van der Waals surface area contributed by atoms with Crippen LogP contribution in [0.25, 0.3) is 0 Å². The number of hydrogen-bond donors (Lipinski definition) is 1. The molecular formula is C16H23N. The minimum atomic E-state index is 0.314. The van der Waals surface area contributed by atoms with E-state index in [1.54, 1.807) is 6.08 Å². The second-order valence-corrected chi connectivity index (χ2v) is 5.72. The third-order valence-corrected chi connectivity index (χ3v) is 2.85. The Bertz CT molecular complexity index is 389. The van der Waals surface area contributed by atoms with Crippen LogP contribution in [0.15, 0.2) is 29.5 Å². The number of rotatable bonds is 3. The molecule has 0 amide bonds. The van der Waals surface area contributed by atoms with Gasteiger partial charge in [0.25, 0.3) is 0 Å². The lowest BCUT2D eigenvalue weighted by Crippen LogP contribution is -2.22. The average molecular weight is 229 g/mol. The van der Waals surface area contributed by atoms with Crippen LogP contribution in [0.1, 0.15) is 40.0 Å². The molecule has 1 atom stereocenters. The van der Waals surface area contributed by atoms with E-state index in [0.29, 0.717) is 17.9 Å². The molecule has 0 saturated carbocycles. The molecule has 1 unspecified atom stereocenters. The van der Waals surface area contributed by atoms with Crippen molar-refractivity contribution in [3.8, 4) is 11.8 Å². The summed E-state index contributed by atoms with van der Waals surface area (Å²) in [7, 11) is 0. The Morgan fingerprint density at radius 3 is 2.82 bits per heavy atom. The lowest BCUT2D eigenvalue weighted by molar-refractivity contribution is 0.319. The van der Waals surface area contributed by atoms with E-state index in [0.717, 1.165) is 19.3 Å². The van der Waals surface area contributed by atoms with Gasteiger partial charge in [-0.3, -0.25) is 0 Å². The van der Waals surface area contributed by atoms with Gasteiger partial charge in [0.15, 0.2) is 0 Å². The van der Waals surface area contributed by atoms with Crippen molar-refractivity contribution < 1.29 is 0 Å². The Hall–Kier alpha value is -1.22. The molecule has 1 aliphatic rings. The van der Waals surface area contributed by atoms with Crippen molar-refractivity contribution >= 4 is 0 Å². The lowest BCUT2D eigenvalue weighted by atomic mass is 9.80. The molecule has 17 heavy (non-hydrogen) atoms. The minimum absolute atomic E-state index is 0.314. The van der Waals surface area contributed by atoms with E-state index in [-0.39, 0.29) is 0 Å². The molecule has 0 aromatic rings. The first-order valence-electron chi connectivity index (χ1n) is 6.30. The molecule has 0 spiro atoms. The molecule has 0 bridgehead atoms. The normalized spacial score (nSPS) is 20.4. The third kappa shape index (κ3) is 5.59. The van der Waals surface area contributed by atoms with Gasteiger partial charge in [0.05, 0.1) is 0 Å². The van der Waals surface area contributed by atoms with Gasteiger partial charge >= 0.3 is 0 Å². The number of allylic oxidation sites excluding steroid dienone is 2. The van der Waals surface area contributed by atoms with Gasteiger partial charge in [-0.05, 0) is 36.8 Å². The predicted molar refractivity (Wildman–Crippen MR) is 74.4 cm³/mol. The molecule has 0 fully saturated rings. The van der Waals surface area contributed by atoms with Crippen LogP contribution in [-0.2, 0) is 0 Å². The van der Waals surface area contributed by atoms with Gasteiger partial charge in [-0.1, -0.05) is 44.3 Å². The summed E-state index contributed by atoms with van der Waals surface area (Å²) in [6, 6.07) is 0. The number of nitrogens with two attached hydrogens (primary N) is 1. The van der Waals surface area contributed by atoms with Crippen molar-refractivity contribution in [3.05, 3.63) is 29.5 Å². The molecule has 0 aliphatic heterocycles. The monoisotopic (exact) mass is 229 g/mol. The smallest absolute Gasteiger partial charge is 0.0298 e. The SMILES string of the molecule is CC(C)(C)CC(CN)/C1=C/CC#CC=C=CC1. The Labute approximate surface area is 105 Å². The zero-order valence-corrected chi connectivity index (χ0v) is 11.2. The summed E-state index contributed by atoms with van der Waals surface area (Å²) >= 11 is 0. The molecule has 1 aliphatic carbocycles. The zero-order valence-electron chi connectivity index (χ0n) is 11.2. The fourth-order valence-corrected chi connectivity index (χ4v) is 2.09. The molecule has 0 heterocycles. The van der Waals surface area contributed by atoms with Gasteiger partial charge in [0, 0.05) is 12.5 Å². The molecule has 1 heteroatoms. The topological polar surface area (TPSA) is 26.0 Å². The standard InChI is InChI=1S/C16H23N/c1-16(2,3)12-15(13-17)14-10-8-6-4-5-7-9-11-14/h4,8,11,15H,9-10,12-13,17H2,1-3H3/b14-11+. The molecule has 92 valence electrons. The van der Waals surface area contributed by atoms with Crippen LogP contribution in [0.4, 0.5) is 0 Å². The van der Waals surface area contributed by atoms with Gasteiger partial charge in [-0.15, -0.1) is 5.73 Å². The van der Waals surface area contributed by atoms with E-state index >= 15 is 0 Å². The van der Waals surface area contributed by atoms with Gasteiger partial charge in [-0.25, -0.2) is 0 Å². The molecule has 0 aromatic carbocycles. The lowest BCUT2D eigenvalue weighted by Gasteiger charge is -2.26. The summed E-state index contributed by atoms with van der Waals surface area (Å²) < 4.78 is 0. The molecule has 1 nitrogen and oxygen atoms in total. The van der Waals surface area contributed by atoms with Crippen LogP contribution >= 0.6 is 0 Å². The largest absolute Gasteiger partial charge is 0.330 e. The van der Waals surface area contributed by atoms with Crippen molar-refractivity contribution in [1.29, 1.82) is 0 Å². The Morgan fingerprint density at radius 2 is 2.18 bits per heavy atom. The predicted octanol–water partition coefficient (Wildman–Crippen LogP) is 3.43. The molecule has 0 aromatic heterocycles. The maximum Gasteiger partial charge on any atom is 0.0298 e. The first-order valence-corrected chi connectivity index (χ1v) is 6.30. The summed E-state index contributed by atoms with van der Waals surface area (Å²) in [5.74, 6) is 6.52. The zero-order chi connectivity index (χ0) is 12.7. The van der Waals surface area contributed by atoms with Crippen molar-refractivity contribution in [3.63, 3.8) is 0 Å². The van der Waals surface area contributed by atoms with Crippen LogP contribution in [0, 0.1) is 23.2 Å². The minimum Gasteiger partial charge on any atom is -0.330 e. The Balaban J connectivity index is 2.81. The van der Waals surface area contributed by atoms with Gasteiger partial charge in [0.1, 0.15) is 0 Å². The Morgan fingerprint density at radius 1 is 1.41 bits per heavy atom. The van der Waals surface area contributed by atoms with Gasteiger partial charge in [0.2, 0.25) is 0 Å². The van der Waals surface area contributed by atoms with E-state index in [2.05, 4.69) is 50.5 Å². The number of hydrogen-bond acceptors (Lipinski definition) is 1. The van der Waals surface area contributed by atoms with Crippen LogP contribution in [0.5, 0.6) is 0 Å².